The van der Waals surface area contributed by atoms with Crippen LogP contribution in [0.4, 0.5) is 9.59 Å². The number of carbonyl (C=O) groups excluding carboxylic acids is 2. The molecule has 1 aromatic rings. The van der Waals surface area contributed by atoms with Gasteiger partial charge >= 0.3 is 0 Å². The first-order chi connectivity index (χ1) is 7.02. The summed E-state index contributed by atoms with van der Waals surface area (Å²) < 4.78 is 0. The van der Waals surface area contributed by atoms with Gasteiger partial charge in [-0.1, -0.05) is 31.3 Å². The lowest BCUT2D eigenvalue weighted by molar-refractivity contribution is 0.260. The Kier molecular flexibility index (Phi) is 7.47. The fourth-order valence-corrected chi connectivity index (χ4v) is 0.748. The summed E-state index contributed by atoms with van der Waals surface area (Å²) in [5.74, 6) is 0. The van der Waals surface area contributed by atoms with Crippen LogP contribution in [0.25, 0.3) is 0 Å². The van der Waals surface area contributed by atoms with E-state index in [4.69, 9.17) is 4.79 Å². The van der Waals surface area contributed by atoms with E-state index in [1.165, 1.54) is 0 Å². The predicted molar refractivity (Wildman–Crippen MR) is 64.0 cm³/mol. The van der Waals surface area contributed by atoms with Crippen molar-refractivity contribution in [2.75, 3.05) is 0 Å². The minimum atomic E-state index is -0.639. The van der Waals surface area contributed by atoms with Crippen LogP contribution in [-0.4, -0.2) is 15.5 Å². The van der Waals surface area contributed by atoms with Gasteiger partial charge in [0.05, 0.1) is 12.2 Å². The Morgan fingerprint density at radius 2 is 2.00 bits per heavy atom. The molecule has 0 fully saturated rings. The number of nitrogens with zero attached hydrogens (tertiary/aromatic N) is 1. The molecular formula is C8H11N3O2S2. The van der Waals surface area contributed by atoms with Gasteiger partial charge in [0.15, 0.2) is 0 Å². The maximum absolute atomic E-state index is 10.3. The number of carbonyl (C=O) groups is 2. The van der Waals surface area contributed by atoms with E-state index in [1.54, 1.807) is 6.20 Å². The third kappa shape index (κ3) is 10.7. The minimum Gasteiger partial charge on any atom is -0.361 e. The van der Waals surface area contributed by atoms with Crippen LogP contribution >= 0.6 is 25.3 Å². The van der Waals surface area contributed by atoms with Crippen molar-refractivity contribution in [3.05, 3.63) is 30.1 Å². The van der Waals surface area contributed by atoms with E-state index in [-0.39, 0.29) is 5.24 Å². The first-order valence-corrected chi connectivity index (χ1v) is 4.77. The molecule has 7 heteroatoms. The molecule has 15 heavy (non-hydrogen) atoms. The Hall–Kier alpha value is -1.21. The second-order valence-electron chi connectivity index (χ2n) is 2.32. The van der Waals surface area contributed by atoms with Crippen molar-refractivity contribution in [2.45, 2.75) is 6.54 Å². The van der Waals surface area contributed by atoms with Crippen LogP contribution in [0.1, 0.15) is 5.69 Å². The van der Waals surface area contributed by atoms with Crippen LogP contribution in [0.2, 0.25) is 0 Å². The lowest BCUT2D eigenvalue weighted by Gasteiger charge is -1.98. The zero-order valence-corrected chi connectivity index (χ0v) is 9.54. The van der Waals surface area contributed by atoms with Crippen LogP contribution in [0, 0.1) is 0 Å². The number of hydrogen-bond acceptors (Lipinski definition) is 3. The molecule has 3 N–H and O–H groups in total. The molecule has 0 aromatic carbocycles. The Balaban J connectivity index is 0.000000423. The minimum absolute atomic E-state index is 0.337. The van der Waals surface area contributed by atoms with Gasteiger partial charge in [-0.25, -0.2) is 0 Å². The molecule has 1 rings (SSSR count). The first kappa shape index (κ1) is 13.8. The Labute approximate surface area is 98.3 Å². The zero-order chi connectivity index (χ0) is 11.7. The summed E-state index contributed by atoms with van der Waals surface area (Å²) in [5.41, 5.74) is 5.17. The largest absolute Gasteiger partial charge is 0.361 e. The van der Waals surface area contributed by atoms with Crippen LogP contribution in [0.15, 0.2) is 24.4 Å². The van der Waals surface area contributed by atoms with Crippen molar-refractivity contribution < 1.29 is 9.59 Å². The average molecular weight is 245 g/mol. The smallest absolute Gasteiger partial charge is 0.276 e. The number of thiol groups is 2. The summed E-state index contributed by atoms with van der Waals surface area (Å²) in [5, 5.41) is 1.55. The molecule has 0 aliphatic rings. The highest BCUT2D eigenvalue weighted by molar-refractivity contribution is 7.96. The zero-order valence-electron chi connectivity index (χ0n) is 7.75. The van der Waals surface area contributed by atoms with E-state index < -0.39 is 5.24 Å². The second kappa shape index (κ2) is 8.13. The SMILES string of the molecule is NC(=O)S.O=C(S)NCc1ccccn1. The molecule has 0 aliphatic carbocycles. The van der Waals surface area contributed by atoms with E-state index in [1.807, 2.05) is 18.2 Å². The predicted octanol–water partition coefficient (Wildman–Crippen LogP) is 1.22. The summed E-state index contributed by atoms with van der Waals surface area (Å²) in [7, 11) is 0. The fourth-order valence-electron chi connectivity index (χ4n) is 0.669. The van der Waals surface area contributed by atoms with E-state index >= 15 is 0 Å². The number of primary amides is 1. The van der Waals surface area contributed by atoms with Crippen LogP contribution in [-0.2, 0) is 6.54 Å². The molecule has 2 amide bonds. The van der Waals surface area contributed by atoms with Crippen LogP contribution in [0.5, 0.6) is 0 Å². The summed E-state index contributed by atoms with van der Waals surface area (Å²) in [4.78, 5) is 23.4. The van der Waals surface area contributed by atoms with Crippen LogP contribution < -0.4 is 11.1 Å². The Bertz CT molecular complexity index is 315. The first-order valence-electron chi connectivity index (χ1n) is 3.87. The Morgan fingerprint density at radius 1 is 1.40 bits per heavy atom. The number of nitrogens with one attached hydrogen (secondary N) is 1. The molecule has 0 atom stereocenters. The molecule has 0 aliphatic heterocycles. The lowest BCUT2D eigenvalue weighted by atomic mass is 10.3. The molecule has 0 spiro atoms. The molecule has 0 bridgehead atoms. The maximum atomic E-state index is 10.3. The second-order valence-corrected chi connectivity index (χ2v) is 3.16. The number of aromatic nitrogens is 1. The summed E-state index contributed by atoms with van der Waals surface area (Å²) in [6, 6.07) is 5.53. The van der Waals surface area contributed by atoms with Gasteiger partial charge in [0.1, 0.15) is 0 Å². The standard InChI is InChI=1S/C7H8N2OS.CH3NOS/c10-7(11)9-5-6-3-1-2-4-8-6;2-1(3)4/h1-4H,5H2,(H2,9,10,11);(H3,2,3,4). The Morgan fingerprint density at radius 3 is 2.40 bits per heavy atom. The topological polar surface area (TPSA) is 85.1 Å². The van der Waals surface area contributed by atoms with Crippen molar-refractivity contribution in [2.24, 2.45) is 5.73 Å². The molecule has 0 saturated carbocycles. The average Bonchev–Trinajstić information content (AvgIpc) is 2.15. The van der Waals surface area contributed by atoms with Gasteiger partial charge < -0.3 is 11.1 Å². The number of rotatable bonds is 2. The van der Waals surface area contributed by atoms with Crippen LogP contribution in [0.3, 0.4) is 0 Å². The number of hydrogen-bond donors (Lipinski definition) is 4. The molecule has 1 heterocycles. The van der Waals surface area contributed by atoms with Gasteiger partial charge in [0.25, 0.3) is 10.5 Å². The highest BCUT2D eigenvalue weighted by Crippen LogP contribution is 1.92. The number of amides is 2. The number of nitrogens with two attached hydrogens (primary N) is 1. The van der Waals surface area contributed by atoms with Crippen molar-refractivity contribution >= 4 is 35.7 Å². The van der Waals surface area contributed by atoms with E-state index in [9.17, 15) is 4.79 Å². The summed E-state index contributed by atoms with van der Waals surface area (Å²) in [6.07, 6.45) is 1.68. The highest BCUT2D eigenvalue weighted by Gasteiger charge is 1.93. The maximum Gasteiger partial charge on any atom is 0.276 e. The van der Waals surface area contributed by atoms with Gasteiger partial charge in [-0.3, -0.25) is 14.6 Å². The molecule has 0 saturated heterocycles. The lowest BCUT2D eigenvalue weighted by Crippen LogP contribution is -2.16. The molecule has 0 unspecified atom stereocenters. The third-order valence-corrected chi connectivity index (χ3v) is 1.30. The number of pyridine rings is 1. The fraction of sp³-hybridized carbons (Fsp3) is 0.125. The molecular weight excluding hydrogens is 234 g/mol. The van der Waals surface area contributed by atoms with Gasteiger partial charge in [0.2, 0.25) is 0 Å². The van der Waals surface area contributed by atoms with E-state index in [0.29, 0.717) is 6.54 Å². The monoisotopic (exact) mass is 245 g/mol. The highest BCUT2D eigenvalue weighted by atomic mass is 32.1. The quantitative estimate of drug-likeness (QED) is 0.591. The normalized spacial score (nSPS) is 8.40. The van der Waals surface area contributed by atoms with E-state index in [2.05, 4.69) is 41.3 Å². The van der Waals surface area contributed by atoms with Gasteiger partial charge in [-0.15, -0.1) is 0 Å². The van der Waals surface area contributed by atoms with Crippen molar-refractivity contribution in [1.29, 1.82) is 0 Å². The van der Waals surface area contributed by atoms with Crippen molar-refractivity contribution in [3.8, 4) is 0 Å². The van der Waals surface area contributed by atoms with Gasteiger partial charge in [-0.2, -0.15) is 0 Å². The van der Waals surface area contributed by atoms with Gasteiger partial charge in [0, 0.05) is 6.20 Å². The third-order valence-electron chi connectivity index (χ3n) is 1.15. The summed E-state index contributed by atoms with van der Waals surface area (Å²) in [6.45, 7) is 0.434. The molecule has 0 radical (unpaired) electrons. The molecule has 82 valence electrons. The van der Waals surface area contributed by atoms with Gasteiger partial charge in [-0.05, 0) is 12.1 Å². The van der Waals surface area contributed by atoms with Crippen molar-refractivity contribution in [1.82, 2.24) is 10.3 Å². The summed E-state index contributed by atoms with van der Waals surface area (Å²) >= 11 is 6.66. The molecule has 5 nitrogen and oxygen atoms in total. The molecule has 1 aromatic heterocycles. The van der Waals surface area contributed by atoms with Crippen molar-refractivity contribution in [3.63, 3.8) is 0 Å². The van der Waals surface area contributed by atoms with E-state index in [0.717, 1.165) is 5.69 Å².